The van der Waals surface area contributed by atoms with Gasteiger partial charge in [0.15, 0.2) is 0 Å². The van der Waals surface area contributed by atoms with E-state index < -0.39 is 0 Å². The van der Waals surface area contributed by atoms with Crippen LogP contribution in [0.1, 0.15) is 0 Å². The number of para-hydroxylation sites is 4. The van der Waals surface area contributed by atoms with Gasteiger partial charge in [-0.3, -0.25) is 9.13 Å². The number of nitrogens with zero attached hydrogens (tertiary/aromatic N) is 3. The van der Waals surface area contributed by atoms with Gasteiger partial charge in [0.25, 0.3) is 6.33 Å². The van der Waals surface area contributed by atoms with Gasteiger partial charge in [-0.25, -0.2) is 4.98 Å². The van der Waals surface area contributed by atoms with E-state index in [0.717, 1.165) is 50.5 Å². The summed E-state index contributed by atoms with van der Waals surface area (Å²) in [5.74, 6) is 0.217. The van der Waals surface area contributed by atoms with Crippen molar-refractivity contribution in [2.75, 3.05) is 0 Å². The van der Waals surface area contributed by atoms with Crippen LogP contribution in [0.4, 0.5) is 0 Å². The average Bonchev–Trinajstić information content (AvgIpc) is 3.42. The second-order valence-electron chi connectivity index (χ2n) is 9.62. The van der Waals surface area contributed by atoms with E-state index in [-0.39, 0.29) is 5.75 Å². The first-order valence-corrected chi connectivity index (χ1v) is 13.2. The van der Waals surface area contributed by atoms with Crippen LogP contribution in [0, 0.1) is 6.33 Å². The smallest absolute Gasteiger partial charge is 0.269 e. The largest absolute Gasteiger partial charge is 0.507 e. The minimum atomic E-state index is 0.217. The summed E-state index contributed by atoms with van der Waals surface area (Å²) in [6.45, 7) is 0. The van der Waals surface area contributed by atoms with Gasteiger partial charge in [0.1, 0.15) is 5.75 Å². The van der Waals surface area contributed by atoms with Crippen LogP contribution < -0.4 is 4.57 Å². The van der Waals surface area contributed by atoms with Crippen molar-refractivity contribution in [1.82, 2.24) is 9.55 Å². The summed E-state index contributed by atoms with van der Waals surface area (Å²) >= 11 is 0. The Labute approximate surface area is 232 Å². The third kappa shape index (κ3) is 4.22. The number of phenolic OH excluding ortho intramolecular Hbond substituents is 1. The fraction of sp³-hybridized carbons (Fsp3) is 0. The van der Waals surface area contributed by atoms with Gasteiger partial charge in [-0.2, -0.15) is 0 Å². The van der Waals surface area contributed by atoms with E-state index in [2.05, 4.69) is 106 Å². The van der Waals surface area contributed by atoms with E-state index in [1.807, 2.05) is 48.5 Å². The number of rotatable bonds is 5. The van der Waals surface area contributed by atoms with Crippen molar-refractivity contribution in [2.24, 2.45) is 0 Å². The molecule has 2 aromatic heterocycles. The predicted octanol–water partition coefficient (Wildman–Crippen LogP) is 7.81. The molecule has 1 N–H and O–H groups in total. The van der Waals surface area contributed by atoms with E-state index >= 15 is 0 Å². The highest BCUT2D eigenvalue weighted by atomic mass is 16.3. The van der Waals surface area contributed by atoms with Gasteiger partial charge in [0.2, 0.25) is 0 Å². The molecule has 0 aliphatic heterocycles. The van der Waals surface area contributed by atoms with Gasteiger partial charge >= 0.3 is 0 Å². The van der Waals surface area contributed by atoms with Gasteiger partial charge < -0.3 is 5.11 Å². The minimum Gasteiger partial charge on any atom is -0.507 e. The Bertz CT molecular complexity index is 1970. The van der Waals surface area contributed by atoms with E-state index in [1.165, 1.54) is 0 Å². The lowest BCUT2D eigenvalue weighted by atomic mass is 10.0. The van der Waals surface area contributed by atoms with E-state index in [1.54, 1.807) is 6.07 Å². The number of hydrogen-bond donors (Lipinski definition) is 1. The summed E-state index contributed by atoms with van der Waals surface area (Å²) in [4.78, 5) is 4.88. The maximum Gasteiger partial charge on any atom is 0.269 e. The monoisotopic (exact) mass is 515 g/mol. The van der Waals surface area contributed by atoms with Crippen LogP contribution in [0.2, 0.25) is 0 Å². The Morgan fingerprint density at radius 1 is 0.575 bits per heavy atom. The highest BCUT2D eigenvalue weighted by Gasteiger charge is 2.16. The predicted molar refractivity (Wildman–Crippen MR) is 159 cm³/mol. The molecule has 4 heteroatoms. The maximum atomic E-state index is 10.4. The molecule has 4 nitrogen and oxygen atoms in total. The molecule has 7 rings (SSSR count). The number of fused-ring (bicyclic) bond motifs is 1. The van der Waals surface area contributed by atoms with Gasteiger partial charge in [0, 0.05) is 5.56 Å². The van der Waals surface area contributed by atoms with Crippen molar-refractivity contribution in [3.05, 3.63) is 152 Å². The van der Waals surface area contributed by atoms with Crippen LogP contribution in [-0.2, 0) is 0 Å². The second kappa shape index (κ2) is 10.0. The molecule has 40 heavy (non-hydrogen) atoms. The number of phenols is 1. The van der Waals surface area contributed by atoms with Gasteiger partial charge in [0.05, 0.1) is 33.8 Å². The molecular weight excluding hydrogens is 490 g/mol. The van der Waals surface area contributed by atoms with Crippen molar-refractivity contribution < 1.29 is 9.67 Å². The molecule has 0 aliphatic carbocycles. The summed E-state index contributed by atoms with van der Waals surface area (Å²) in [5, 5.41) is 10.4. The van der Waals surface area contributed by atoms with Gasteiger partial charge in [-0.05, 0) is 59.2 Å². The second-order valence-corrected chi connectivity index (χ2v) is 9.62. The van der Waals surface area contributed by atoms with Crippen LogP contribution in [-0.4, -0.2) is 14.7 Å². The molecule has 0 amide bonds. The van der Waals surface area contributed by atoms with Gasteiger partial charge in [-0.1, -0.05) is 103 Å². The topological polar surface area (TPSA) is 41.9 Å². The summed E-state index contributed by atoms with van der Waals surface area (Å²) in [7, 11) is 0. The number of imidazole rings is 1. The van der Waals surface area contributed by atoms with Crippen molar-refractivity contribution in [3.63, 3.8) is 0 Å². The Morgan fingerprint density at radius 3 is 2.12 bits per heavy atom. The quantitative estimate of drug-likeness (QED) is 0.188. The number of hydrogen-bond acceptors (Lipinski definition) is 2. The van der Waals surface area contributed by atoms with Gasteiger partial charge in [-0.15, -0.1) is 0 Å². The molecule has 0 fully saturated rings. The Morgan fingerprint density at radius 2 is 1.25 bits per heavy atom. The SMILES string of the molecule is Oc1ccccc1-c1cccc(-c2cccc(-n3[c-][n+](-c4ccccc4-c4ccccc4)c4ccccc43)c2)n1. The van der Waals surface area contributed by atoms with Crippen molar-refractivity contribution >= 4 is 11.0 Å². The maximum absolute atomic E-state index is 10.4. The zero-order valence-corrected chi connectivity index (χ0v) is 21.6. The number of aromatic nitrogens is 3. The first-order valence-electron chi connectivity index (χ1n) is 13.2. The van der Waals surface area contributed by atoms with Crippen molar-refractivity contribution in [2.45, 2.75) is 0 Å². The highest BCUT2D eigenvalue weighted by Crippen LogP contribution is 2.30. The van der Waals surface area contributed by atoms with E-state index in [4.69, 9.17) is 4.98 Å². The lowest BCUT2D eigenvalue weighted by molar-refractivity contribution is -0.571. The van der Waals surface area contributed by atoms with E-state index in [0.29, 0.717) is 5.56 Å². The molecule has 2 heterocycles. The summed E-state index contributed by atoms with van der Waals surface area (Å²) in [6.07, 6.45) is 3.64. The molecule has 0 spiro atoms. The van der Waals surface area contributed by atoms with Crippen LogP contribution in [0.25, 0.3) is 56.0 Å². The molecule has 0 atom stereocenters. The third-order valence-electron chi connectivity index (χ3n) is 7.12. The molecule has 0 unspecified atom stereocenters. The summed E-state index contributed by atoms with van der Waals surface area (Å²) < 4.78 is 4.24. The molecule has 0 saturated heterocycles. The zero-order valence-electron chi connectivity index (χ0n) is 21.6. The number of pyridine rings is 1. The minimum absolute atomic E-state index is 0.217. The van der Waals surface area contributed by atoms with E-state index in [9.17, 15) is 5.11 Å². The molecule has 0 saturated carbocycles. The fourth-order valence-corrected chi connectivity index (χ4v) is 5.20. The lowest BCUT2D eigenvalue weighted by Crippen LogP contribution is -2.30. The van der Waals surface area contributed by atoms with Crippen molar-refractivity contribution in [1.29, 1.82) is 0 Å². The molecular formula is C36H25N3O. The standard InChI is InChI=1S/C36H25N3O/c40-36-23-9-5-17-30(36)32-19-11-18-31(37-32)27-14-10-15-28(24-27)38-25-39(35-22-8-7-21-34(35)38)33-20-6-4-16-29(33)26-12-2-1-3-13-26/h1-24,40H. The Balaban J connectivity index is 1.35. The molecule has 7 aromatic rings. The van der Waals surface area contributed by atoms with Crippen molar-refractivity contribution in [3.8, 4) is 50.8 Å². The Kier molecular flexibility index (Phi) is 5.91. The molecule has 0 bridgehead atoms. The first kappa shape index (κ1) is 23.6. The summed E-state index contributed by atoms with van der Waals surface area (Å²) in [6, 6.07) is 48.8. The number of benzene rings is 5. The van der Waals surface area contributed by atoms with Crippen LogP contribution >= 0.6 is 0 Å². The zero-order chi connectivity index (χ0) is 26.9. The highest BCUT2D eigenvalue weighted by molar-refractivity contribution is 5.78. The molecule has 190 valence electrons. The Hall–Kier alpha value is -5.48. The molecule has 0 aliphatic rings. The fourth-order valence-electron chi connectivity index (χ4n) is 5.20. The average molecular weight is 516 g/mol. The first-order chi connectivity index (χ1) is 19.8. The lowest BCUT2D eigenvalue weighted by Gasteiger charge is -2.11. The normalized spacial score (nSPS) is 11.1. The third-order valence-corrected chi connectivity index (χ3v) is 7.12. The van der Waals surface area contributed by atoms with Crippen LogP contribution in [0.15, 0.2) is 146 Å². The van der Waals surface area contributed by atoms with Crippen LogP contribution in [0.5, 0.6) is 5.75 Å². The number of aromatic hydroxyl groups is 1. The summed E-state index contributed by atoms with van der Waals surface area (Å²) in [5.41, 5.74) is 9.74. The molecule has 5 aromatic carbocycles. The van der Waals surface area contributed by atoms with Crippen LogP contribution in [0.3, 0.4) is 0 Å². The molecule has 0 radical (unpaired) electrons.